The lowest BCUT2D eigenvalue weighted by atomic mass is 10.1. The minimum Gasteiger partial charge on any atom is -0.497 e. The fourth-order valence-electron chi connectivity index (χ4n) is 1.67. The normalized spacial score (nSPS) is 10.7. The predicted molar refractivity (Wildman–Crippen MR) is 64.4 cm³/mol. The van der Waals surface area contributed by atoms with E-state index in [1.165, 1.54) is 6.07 Å². The van der Waals surface area contributed by atoms with Gasteiger partial charge in [-0.2, -0.15) is 0 Å². The zero-order valence-electron chi connectivity index (χ0n) is 9.86. The van der Waals surface area contributed by atoms with Gasteiger partial charge in [-0.1, -0.05) is 0 Å². The predicted octanol–water partition coefficient (Wildman–Crippen LogP) is 2.34. The summed E-state index contributed by atoms with van der Waals surface area (Å²) in [6.07, 6.45) is 0. The van der Waals surface area contributed by atoms with E-state index in [9.17, 15) is 4.79 Å². The van der Waals surface area contributed by atoms with Gasteiger partial charge in [-0.05, 0) is 24.6 Å². The highest BCUT2D eigenvalue weighted by Gasteiger charge is 2.06. The molecule has 0 aliphatic carbocycles. The lowest BCUT2D eigenvalue weighted by Gasteiger charge is -2.06. The van der Waals surface area contributed by atoms with Crippen molar-refractivity contribution >= 4 is 11.0 Å². The van der Waals surface area contributed by atoms with E-state index < -0.39 is 0 Å². The molecule has 0 atom stereocenters. The van der Waals surface area contributed by atoms with Crippen LogP contribution in [0.4, 0.5) is 0 Å². The fraction of sp³-hybridized carbons (Fsp3) is 0.308. The van der Waals surface area contributed by atoms with Crippen LogP contribution in [0.3, 0.4) is 0 Å². The van der Waals surface area contributed by atoms with Crippen molar-refractivity contribution in [3.05, 3.63) is 40.2 Å². The second-order valence-corrected chi connectivity index (χ2v) is 3.59. The first-order valence-electron chi connectivity index (χ1n) is 5.43. The zero-order chi connectivity index (χ0) is 12.3. The smallest absolute Gasteiger partial charge is 0.336 e. The third-order valence-corrected chi connectivity index (χ3v) is 2.50. The van der Waals surface area contributed by atoms with Crippen molar-refractivity contribution in [2.24, 2.45) is 0 Å². The topological polar surface area (TPSA) is 48.7 Å². The van der Waals surface area contributed by atoms with Crippen LogP contribution in [0.25, 0.3) is 11.0 Å². The van der Waals surface area contributed by atoms with Gasteiger partial charge in [0.15, 0.2) is 0 Å². The Bertz CT molecular complexity index is 571. The van der Waals surface area contributed by atoms with Crippen LogP contribution in [0, 0.1) is 0 Å². The molecule has 4 nitrogen and oxygen atoms in total. The van der Waals surface area contributed by atoms with E-state index in [0.717, 1.165) is 10.9 Å². The minimum atomic E-state index is -0.375. The maximum absolute atomic E-state index is 11.4. The van der Waals surface area contributed by atoms with Crippen molar-refractivity contribution in [2.45, 2.75) is 13.5 Å². The van der Waals surface area contributed by atoms with E-state index >= 15 is 0 Å². The van der Waals surface area contributed by atoms with Crippen molar-refractivity contribution in [3.63, 3.8) is 0 Å². The maximum Gasteiger partial charge on any atom is 0.336 e. The van der Waals surface area contributed by atoms with Crippen LogP contribution in [0.15, 0.2) is 33.5 Å². The van der Waals surface area contributed by atoms with Crippen LogP contribution in [0.2, 0.25) is 0 Å². The molecule has 0 spiro atoms. The molecule has 0 unspecified atom stereocenters. The number of ether oxygens (including phenoxy) is 2. The Labute approximate surface area is 98.8 Å². The Morgan fingerprint density at radius 2 is 2.12 bits per heavy atom. The van der Waals surface area contributed by atoms with E-state index in [4.69, 9.17) is 13.9 Å². The maximum atomic E-state index is 11.4. The molecule has 0 aliphatic rings. The standard InChI is InChI=1S/C13H14O4/c1-3-16-8-9-6-13(14)17-12-7-10(15-2)4-5-11(9)12/h4-7H,3,8H2,1-2H3. The average molecular weight is 234 g/mol. The van der Waals surface area contributed by atoms with E-state index in [1.54, 1.807) is 13.2 Å². The van der Waals surface area contributed by atoms with Crippen molar-refractivity contribution in [2.75, 3.05) is 13.7 Å². The molecule has 1 aromatic carbocycles. The lowest BCUT2D eigenvalue weighted by Crippen LogP contribution is -2.02. The molecule has 17 heavy (non-hydrogen) atoms. The van der Waals surface area contributed by atoms with E-state index in [0.29, 0.717) is 24.5 Å². The first-order valence-corrected chi connectivity index (χ1v) is 5.43. The number of benzene rings is 1. The third kappa shape index (κ3) is 2.47. The largest absolute Gasteiger partial charge is 0.497 e. The Hall–Kier alpha value is -1.81. The molecule has 4 heteroatoms. The number of hydrogen-bond donors (Lipinski definition) is 0. The van der Waals surface area contributed by atoms with Crippen LogP contribution < -0.4 is 10.4 Å². The van der Waals surface area contributed by atoms with Crippen molar-refractivity contribution in [3.8, 4) is 5.75 Å². The van der Waals surface area contributed by atoms with Crippen molar-refractivity contribution in [1.29, 1.82) is 0 Å². The lowest BCUT2D eigenvalue weighted by molar-refractivity contribution is 0.134. The van der Waals surface area contributed by atoms with Gasteiger partial charge in [0.25, 0.3) is 0 Å². The molecular weight excluding hydrogens is 220 g/mol. The van der Waals surface area contributed by atoms with Gasteiger partial charge in [-0.25, -0.2) is 4.79 Å². The fourth-order valence-corrected chi connectivity index (χ4v) is 1.67. The van der Waals surface area contributed by atoms with E-state index in [-0.39, 0.29) is 5.63 Å². The molecular formula is C13H14O4. The second-order valence-electron chi connectivity index (χ2n) is 3.59. The molecule has 2 aromatic rings. The molecule has 0 bridgehead atoms. The SMILES string of the molecule is CCOCc1cc(=O)oc2cc(OC)ccc12. The highest BCUT2D eigenvalue weighted by Crippen LogP contribution is 2.22. The summed E-state index contributed by atoms with van der Waals surface area (Å²) in [4.78, 5) is 11.4. The second kappa shape index (κ2) is 5.01. The summed E-state index contributed by atoms with van der Waals surface area (Å²) in [6, 6.07) is 6.86. The monoisotopic (exact) mass is 234 g/mol. The molecule has 2 rings (SSSR count). The molecule has 90 valence electrons. The van der Waals surface area contributed by atoms with Gasteiger partial charge in [-0.15, -0.1) is 0 Å². The average Bonchev–Trinajstić information content (AvgIpc) is 2.34. The third-order valence-electron chi connectivity index (χ3n) is 2.50. The molecule has 0 fully saturated rings. The quantitative estimate of drug-likeness (QED) is 0.762. The summed E-state index contributed by atoms with van der Waals surface area (Å²) < 4.78 is 15.6. The van der Waals surface area contributed by atoms with Crippen LogP contribution >= 0.6 is 0 Å². The van der Waals surface area contributed by atoms with Gasteiger partial charge in [0.1, 0.15) is 11.3 Å². The van der Waals surface area contributed by atoms with Crippen LogP contribution in [-0.4, -0.2) is 13.7 Å². The van der Waals surface area contributed by atoms with Gasteiger partial charge >= 0.3 is 5.63 Å². The molecule has 0 saturated heterocycles. The van der Waals surface area contributed by atoms with Crippen LogP contribution in [-0.2, 0) is 11.3 Å². The van der Waals surface area contributed by atoms with Crippen LogP contribution in [0.5, 0.6) is 5.75 Å². The Kier molecular flexibility index (Phi) is 3.44. The van der Waals surface area contributed by atoms with Gasteiger partial charge in [0, 0.05) is 24.1 Å². The minimum absolute atomic E-state index is 0.375. The van der Waals surface area contributed by atoms with Crippen LogP contribution in [0.1, 0.15) is 12.5 Å². The molecule has 0 amide bonds. The van der Waals surface area contributed by atoms with Gasteiger partial charge in [0.05, 0.1) is 13.7 Å². The molecule has 0 N–H and O–H groups in total. The number of hydrogen-bond acceptors (Lipinski definition) is 4. The molecule has 0 radical (unpaired) electrons. The summed E-state index contributed by atoms with van der Waals surface area (Å²) in [6.45, 7) is 2.93. The van der Waals surface area contributed by atoms with Gasteiger partial charge in [-0.3, -0.25) is 0 Å². The number of rotatable bonds is 4. The Balaban J connectivity index is 2.55. The van der Waals surface area contributed by atoms with E-state index in [1.807, 2.05) is 19.1 Å². The van der Waals surface area contributed by atoms with Crippen molar-refractivity contribution in [1.82, 2.24) is 0 Å². The zero-order valence-corrected chi connectivity index (χ0v) is 9.86. The van der Waals surface area contributed by atoms with E-state index in [2.05, 4.69) is 0 Å². The number of methoxy groups -OCH3 is 1. The first kappa shape index (κ1) is 11.7. The Morgan fingerprint density at radius 1 is 1.29 bits per heavy atom. The van der Waals surface area contributed by atoms with Gasteiger partial charge < -0.3 is 13.9 Å². The molecule has 0 saturated carbocycles. The highest BCUT2D eigenvalue weighted by molar-refractivity contribution is 5.81. The summed E-state index contributed by atoms with van der Waals surface area (Å²) in [5.41, 5.74) is 0.979. The summed E-state index contributed by atoms with van der Waals surface area (Å²) >= 11 is 0. The Morgan fingerprint density at radius 3 is 2.82 bits per heavy atom. The van der Waals surface area contributed by atoms with Crippen molar-refractivity contribution < 1.29 is 13.9 Å². The molecule has 0 aliphatic heterocycles. The first-order chi connectivity index (χ1) is 8.24. The molecule has 1 aromatic heterocycles. The molecule has 1 heterocycles. The summed E-state index contributed by atoms with van der Waals surface area (Å²) in [5, 5.41) is 0.874. The summed E-state index contributed by atoms with van der Waals surface area (Å²) in [7, 11) is 1.57. The number of fused-ring (bicyclic) bond motifs is 1. The highest BCUT2D eigenvalue weighted by atomic mass is 16.5. The summed E-state index contributed by atoms with van der Waals surface area (Å²) in [5.74, 6) is 0.661. The van der Waals surface area contributed by atoms with Gasteiger partial charge in [0.2, 0.25) is 0 Å².